The molecular formula is C14H32. The molecule has 0 nitrogen and oxygen atoms in total. The lowest BCUT2D eigenvalue weighted by Crippen LogP contribution is -1.66. The average Bonchev–Trinajstić information content (AvgIpc) is 2.10. The van der Waals surface area contributed by atoms with Crippen molar-refractivity contribution in [2.24, 2.45) is 5.92 Å². The molecule has 88 valence electrons. The van der Waals surface area contributed by atoms with Crippen LogP contribution < -0.4 is 0 Å². The fourth-order valence-electron chi connectivity index (χ4n) is 0.236. The van der Waals surface area contributed by atoms with Crippen LogP contribution in [0.25, 0.3) is 0 Å². The van der Waals surface area contributed by atoms with Crippen LogP contribution in [-0.2, 0) is 0 Å². The average molecular weight is 200 g/mol. The van der Waals surface area contributed by atoms with Crippen LogP contribution in [-0.4, -0.2) is 0 Å². The molecule has 0 aromatic rings. The molecule has 0 saturated carbocycles. The van der Waals surface area contributed by atoms with Crippen LogP contribution in [0.2, 0.25) is 0 Å². The Hall–Kier alpha value is -0.520. The van der Waals surface area contributed by atoms with Gasteiger partial charge in [-0.05, 0) is 19.8 Å². The first-order valence-corrected chi connectivity index (χ1v) is 5.76. The molecule has 0 aliphatic heterocycles. The molecule has 0 aromatic carbocycles. The van der Waals surface area contributed by atoms with Crippen LogP contribution in [0.1, 0.15) is 62.3 Å². The standard InChI is InChI=1S/C6H10.C4H10.2C2H6/c1-4-5-6(2)3;1-4(2)3;2*1-2/h4-5H,1H2,2-3H3;4H,1-3H3;2*1-2H3. The molecule has 0 amide bonds. The molecule has 0 fully saturated rings. The van der Waals surface area contributed by atoms with Gasteiger partial charge in [0.15, 0.2) is 0 Å². The van der Waals surface area contributed by atoms with Crippen LogP contribution in [0.4, 0.5) is 0 Å². The van der Waals surface area contributed by atoms with E-state index in [-0.39, 0.29) is 0 Å². The van der Waals surface area contributed by atoms with Crippen molar-refractivity contribution in [3.8, 4) is 0 Å². The van der Waals surface area contributed by atoms with E-state index in [0.29, 0.717) is 0 Å². The van der Waals surface area contributed by atoms with Crippen LogP contribution in [0.5, 0.6) is 0 Å². The zero-order valence-electron chi connectivity index (χ0n) is 11.9. The van der Waals surface area contributed by atoms with Gasteiger partial charge in [-0.3, -0.25) is 0 Å². The number of allylic oxidation sites excluding steroid dienone is 3. The van der Waals surface area contributed by atoms with E-state index in [1.165, 1.54) is 5.57 Å². The van der Waals surface area contributed by atoms with Gasteiger partial charge in [0.2, 0.25) is 0 Å². The van der Waals surface area contributed by atoms with E-state index < -0.39 is 0 Å². The molecule has 14 heavy (non-hydrogen) atoms. The van der Waals surface area contributed by atoms with Gasteiger partial charge in [0.25, 0.3) is 0 Å². The van der Waals surface area contributed by atoms with Crippen LogP contribution in [0.15, 0.2) is 24.3 Å². The summed E-state index contributed by atoms with van der Waals surface area (Å²) >= 11 is 0. The van der Waals surface area contributed by atoms with Crippen molar-refractivity contribution in [2.75, 3.05) is 0 Å². The van der Waals surface area contributed by atoms with E-state index in [9.17, 15) is 0 Å². The van der Waals surface area contributed by atoms with Gasteiger partial charge in [0.05, 0.1) is 0 Å². The van der Waals surface area contributed by atoms with E-state index >= 15 is 0 Å². The number of hydrogen-bond donors (Lipinski definition) is 0. The van der Waals surface area contributed by atoms with E-state index in [4.69, 9.17) is 0 Å². The van der Waals surface area contributed by atoms with Gasteiger partial charge in [0, 0.05) is 0 Å². The molecule has 0 aromatic heterocycles. The fourth-order valence-corrected chi connectivity index (χ4v) is 0.236. The van der Waals surface area contributed by atoms with Gasteiger partial charge < -0.3 is 0 Å². The Labute approximate surface area is 93.1 Å². The van der Waals surface area contributed by atoms with Crippen molar-refractivity contribution < 1.29 is 0 Å². The van der Waals surface area contributed by atoms with Gasteiger partial charge in [-0.15, -0.1) is 0 Å². The molecule has 0 saturated heterocycles. The Morgan fingerprint density at radius 2 is 1.14 bits per heavy atom. The third-order valence-corrected chi connectivity index (χ3v) is 0.451. The van der Waals surface area contributed by atoms with Crippen molar-refractivity contribution in [2.45, 2.75) is 62.3 Å². The summed E-state index contributed by atoms with van der Waals surface area (Å²) in [7, 11) is 0. The number of hydrogen-bond acceptors (Lipinski definition) is 0. The zero-order chi connectivity index (χ0) is 12.6. The van der Waals surface area contributed by atoms with E-state index in [1.54, 1.807) is 6.08 Å². The minimum atomic E-state index is 0.833. The van der Waals surface area contributed by atoms with Gasteiger partial charge in [-0.25, -0.2) is 0 Å². The highest BCUT2D eigenvalue weighted by atomic mass is 13.7. The lowest BCUT2D eigenvalue weighted by Gasteiger charge is -1.79. The first-order chi connectivity index (χ1) is 6.50. The normalized spacial score (nSPS) is 6.43. The Kier molecular flexibility index (Phi) is 49.1. The highest BCUT2D eigenvalue weighted by Crippen LogP contribution is 1.85. The molecule has 0 N–H and O–H groups in total. The van der Waals surface area contributed by atoms with Crippen molar-refractivity contribution in [1.82, 2.24) is 0 Å². The Morgan fingerprint density at radius 1 is 0.929 bits per heavy atom. The second-order valence-electron chi connectivity index (χ2n) is 3.21. The molecule has 0 heteroatoms. The Morgan fingerprint density at radius 3 is 1.14 bits per heavy atom. The minimum Gasteiger partial charge on any atom is -0.0991 e. The molecule has 0 bridgehead atoms. The molecule has 0 spiro atoms. The van der Waals surface area contributed by atoms with E-state index in [1.807, 2.05) is 47.6 Å². The van der Waals surface area contributed by atoms with Crippen LogP contribution in [0, 0.1) is 5.92 Å². The highest BCUT2D eigenvalue weighted by molar-refractivity contribution is 5.04. The minimum absolute atomic E-state index is 0.833. The van der Waals surface area contributed by atoms with Gasteiger partial charge in [-0.1, -0.05) is 72.8 Å². The van der Waals surface area contributed by atoms with Crippen LogP contribution in [0.3, 0.4) is 0 Å². The molecule has 0 atom stereocenters. The molecule has 0 unspecified atom stereocenters. The maximum absolute atomic E-state index is 3.52. The summed E-state index contributed by atoms with van der Waals surface area (Å²) in [4.78, 5) is 0. The zero-order valence-corrected chi connectivity index (χ0v) is 11.9. The summed E-state index contributed by atoms with van der Waals surface area (Å²) in [5.41, 5.74) is 1.30. The maximum atomic E-state index is 3.52. The smallest absolute Gasteiger partial charge is 0.0439 e. The van der Waals surface area contributed by atoms with Gasteiger partial charge in [0.1, 0.15) is 0 Å². The SMILES string of the molecule is C=CC=C(C)C.CC.CC.CC(C)C. The fraction of sp³-hybridized carbons (Fsp3) is 0.714. The lowest BCUT2D eigenvalue weighted by atomic mass is 10.3. The first-order valence-electron chi connectivity index (χ1n) is 5.76. The Balaban J connectivity index is -0.0000000546. The molecule has 0 aliphatic rings. The third-order valence-electron chi connectivity index (χ3n) is 0.451. The lowest BCUT2D eigenvalue weighted by molar-refractivity contribution is 0.737. The van der Waals surface area contributed by atoms with Crippen molar-refractivity contribution in [3.05, 3.63) is 24.3 Å². The second kappa shape index (κ2) is 29.4. The van der Waals surface area contributed by atoms with Crippen molar-refractivity contribution in [1.29, 1.82) is 0 Å². The Bertz CT molecular complexity index is 89.9. The molecule has 0 aliphatic carbocycles. The predicted octanol–water partition coefficient (Wildman–Crippen LogP) is 5.85. The molecular weight excluding hydrogens is 168 g/mol. The number of rotatable bonds is 1. The maximum Gasteiger partial charge on any atom is -0.0439 e. The largest absolute Gasteiger partial charge is 0.0991 e. The third kappa shape index (κ3) is 205. The monoisotopic (exact) mass is 200 g/mol. The van der Waals surface area contributed by atoms with Gasteiger partial charge >= 0.3 is 0 Å². The predicted molar refractivity (Wildman–Crippen MR) is 72.8 cm³/mol. The van der Waals surface area contributed by atoms with E-state index in [2.05, 4.69) is 27.4 Å². The highest BCUT2D eigenvalue weighted by Gasteiger charge is 1.68. The molecule has 0 heterocycles. The summed E-state index contributed by atoms with van der Waals surface area (Å²) in [5, 5.41) is 0. The van der Waals surface area contributed by atoms with E-state index in [0.717, 1.165) is 5.92 Å². The second-order valence-corrected chi connectivity index (χ2v) is 3.21. The summed E-state index contributed by atoms with van der Waals surface area (Å²) in [6.07, 6.45) is 3.76. The molecule has 0 radical (unpaired) electrons. The summed E-state index contributed by atoms with van der Waals surface area (Å²) in [6.45, 7) is 22.1. The summed E-state index contributed by atoms with van der Waals surface area (Å²) in [6, 6.07) is 0. The van der Waals surface area contributed by atoms with Crippen molar-refractivity contribution >= 4 is 0 Å². The van der Waals surface area contributed by atoms with Crippen LogP contribution >= 0.6 is 0 Å². The molecule has 0 rings (SSSR count). The topological polar surface area (TPSA) is 0 Å². The van der Waals surface area contributed by atoms with Gasteiger partial charge in [-0.2, -0.15) is 0 Å². The summed E-state index contributed by atoms with van der Waals surface area (Å²) in [5.74, 6) is 0.833. The first kappa shape index (κ1) is 23.4. The summed E-state index contributed by atoms with van der Waals surface area (Å²) < 4.78 is 0. The quantitative estimate of drug-likeness (QED) is 0.465. The van der Waals surface area contributed by atoms with Crippen molar-refractivity contribution in [3.63, 3.8) is 0 Å².